The molecule has 0 radical (unpaired) electrons. The fourth-order valence-electron chi connectivity index (χ4n) is 2.31. The molecule has 1 amide bonds. The highest BCUT2D eigenvalue weighted by Gasteiger charge is 2.12. The number of anilines is 1. The summed E-state index contributed by atoms with van der Waals surface area (Å²) in [6.45, 7) is 2.61. The Morgan fingerprint density at radius 3 is 2.72 bits per heavy atom. The van der Waals surface area contributed by atoms with Crippen LogP contribution in [0.3, 0.4) is 0 Å². The number of nitrogens with one attached hydrogen (secondary N) is 1. The first-order chi connectivity index (χ1) is 12.1. The van der Waals surface area contributed by atoms with Gasteiger partial charge in [-0.15, -0.1) is 10.2 Å². The fourth-order valence-corrected chi connectivity index (χ4v) is 3.49. The van der Waals surface area contributed by atoms with Gasteiger partial charge in [-0.3, -0.25) is 4.79 Å². The molecule has 0 unspecified atom stereocenters. The maximum absolute atomic E-state index is 12.2. The van der Waals surface area contributed by atoms with Crippen molar-refractivity contribution in [2.75, 3.05) is 11.1 Å². The van der Waals surface area contributed by atoms with Crippen molar-refractivity contribution in [3.05, 3.63) is 70.5 Å². The molecule has 0 saturated carbocycles. The number of carbonyl (C=O) groups is 1. The van der Waals surface area contributed by atoms with Gasteiger partial charge >= 0.3 is 0 Å². The minimum Gasteiger partial charge on any atom is -0.325 e. The van der Waals surface area contributed by atoms with Gasteiger partial charge in [-0.1, -0.05) is 64.1 Å². The lowest BCUT2D eigenvalue weighted by Crippen LogP contribution is -2.14. The molecule has 1 N–H and O–H groups in total. The third kappa shape index (κ3) is 4.93. The maximum Gasteiger partial charge on any atom is 0.234 e. The van der Waals surface area contributed by atoms with Crippen molar-refractivity contribution in [2.24, 2.45) is 0 Å². The van der Waals surface area contributed by atoms with Crippen molar-refractivity contribution in [2.45, 2.75) is 18.6 Å². The Morgan fingerprint density at radius 1 is 1.16 bits per heavy atom. The summed E-state index contributed by atoms with van der Waals surface area (Å²) in [7, 11) is 0. The molecule has 0 aliphatic carbocycles. The van der Waals surface area contributed by atoms with Crippen LogP contribution in [0, 0.1) is 6.92 Å². The van der Waals surface area contributed by atoms with Gasteiger partial charge in [-0.05, 0) is 30.7 Å². The fraction of sp³-hybridized carbons (Fsp3) is 0.167. The lowest BCUT2D eigenvalue weighted by molar-refractivity contribution is -0.113. The topological polar surface area (TPSA) is 59.8 Å². The van der Waals surface area contributed by atoms with E-state index in [0.29, 0.717) is 6.54 Å². The van der Waals surface area contributed by atoms with E-state index in [1.54, 1.807) is 0 Å². The minimum atomic E-state index is -0.0741. The molecule has 0 fully saturated rings. The van der Waals surface area contributed by atoms with Gasteiger partial charge in [0.15, 0.2) is 5.16 Å². The van der Waals surface area contributed by atoms with Gasteiger partial charge in [0.25, 0.3) is 0 Å². The second-order valence-corrected chi connectivity index (χ2v) is 7.31. The molecule has 0 bridgehead atoms. The Hall–Kier alpha value is -2.12. The van der Waals surface area contributed by atoms with E-state index in [-0.39, 0.29) is 11.7 Å². The van der Waals surface area contributed by atoms with Crippen molar-refractivity contribution < 1.29 is 4.79 Å². The van der Waals surface area contributed by atoms with Crippen LogP contribution in [0.25, 0.3) is 0 Å². The van der Waals surface area contributed by atoms with Crippen molar-refractivity contribution in [1.29, 1.82) is 0 Å². The molecule has 1 heterocycles. The van der Waals surface area contributed by atoms with E-state index in [9.17, 15) is 4.79 Å². The van der Waals surface area contributed by atoms with Gasteiger partial charge in [-0.2, -0.15) is 0 Å². The average Bonchev–Trinajstić information content (AvgIpc) is 2.94. The number of carbonyl (C=O) groups excluding carboxylic acids is 1. The summed E-state index contributed by atoms with van der Waals surface area (Å²) >= 11 is 4.78. The minimum absolute atomic E-state index is 0.0741. The normalized spacial score (nSPS) is 10.6. The summed E-state index contributed by atoms with van der Waals surface area (Å²) in [6, 6.07) is 17.7. The predicted molar refractivity (Wildman–Crippen MR) is 104 cm³/mol. The molecule has 7 heteroatoms. The first-order valence-corrected chi connectivity index (χ1v) is 9.51. The molecule has 0 aliphatic rings. The Kier molecular flexibility index (Phi) is 5.88. The van der Waals surface area contributed by atoms with E-state index in [2.05, 4.69) is 43.6 Å². The Balaban J connectivity index is 1.62. The van der Waals surface area contributed by atoms with Gasteiger partial charge in [0.1, 0.15) is 5.82 Å². The number of aryl methyl sites for hydroxylation is 1. The highest BCUT2D eigenvalue weighted by atomic mass is 79.9. The first-order valence-electron chi connectivity index (χ1n) is 7.74. The Bertz CT molecular complexity index is 867. The number of thioether (sulfide) groups is 1. The van der Waals surface area contributed by atoms with Gasteiger partial charge in [0.05, 0.1) is 12.3 Å². The van der Waals surface area contributed by atoms with E-state index in [0.717, 1.165) is 21.1 Å². The van der Waals surface area contributed by atoms with E-state index in [1.807, 2.05) is 54.0 Å². The number of amides is 1. The van der Waals surface area contributed by atoms with Crippen molar-refractivity contribution in [1.82, 2.24) is 14.8 Å². The highest BCUT2D eigenvalue weighted by molar-refractivity contribution is 9.10. The molecule has 0 saturated heterocycles. The van der Waals surface area contributed by atoms with Crippen LogP contribution in [-0.2, 0) is 11.3 Å². The van der Waals surface area contributed by atoms with Gasteiger partial charge in [-0.25, -0.2) is 0 Å². The monoisotopic (exact) mass is 416 g/mol. The summed E-state index contributed by atoms with van der Waals surface area (Å²) < 4.78 is 2.95. The molecule has 3 aromatic rings. The lowest BCUT2D eigenvalue weighted by Gasteiger charge is -2.09. The third-order valence-corrected chi connectivity index (χ3v) is 4.99. The van der Waals surface area contributed by atoms with Crippen LogP contribution in [0.1, 0.15) is 11.4 Å². The number of hydrogen-bond acceptors (Lipinski definition) is 4. The number of hydrogen-bond donors (Lipinski definition) is 1. The second-order valence-electron chi connectivity index (χ2n) is 5.45. The van der Waals surface area contributed by atoms with Crippen LogP contribution in [0.4, 0.5) is 5.69 Å². The molecule has 3 rings (SSSR count). The van der Waals surface area contributed by atoms with Crippen LogP contribution in [0.15, 0.2) is 64.2 Å². The zero-order valence-electron chi connectivity index (χ0n) is 13.6. The third-order valence-electron chi connectivity index (χ3n) is 3.53. The van der Waals surface area contributed by atoms with E-state index >= 15 is 0 Å². The van der Waals surface area contributed by atoms with Gasteiger partial charge in [0, 0.05) is 10.2 Å². The number of nitrogens with zero attached hydrogens (tertiary/aromatic N) is 3. The van der Waals surface area contributed by atoms with Crippen LogP contribution < -0.4 is 5.32 Å². The number of benzene rings is 2. The van der Waals surface area contributed by atoms with E-state index in [1.165, 1.54) is 17.3 Å². The van der Waals surface area contributed by atoms with Gasteiger partial charge in [0.2, 0.25) is 5.91 Å². The van der Waals surface area contributed by atoms with E-state index in [4.69, 9.17) is 0 Å². The van der Waals surface area contributed by atoms with Crippen LogP contribution in [-0.4, -0.2) is 26.4 Å². The summed E-state index contributed by atoms with van der Waals surface area (Å²) in [5, 5.41) is 12.0. The highest BCUT2D eigenvalue weighted by Crippen LogP contribution is 2.20. The summed E-state index contributed by atoms with van der Waals surface area (Å²) in [5.41, 5.74) is 1.94. The van der Waals surface area contributed by atoms with Crippen molar-refractivity contribution in [3.8, 4) is 0 Å². The molecular formula is C18H17BrN4OS. The first kappa shape index (κ1) is 17.7. The van der Waals surface area contributed by atoms with E-state index < -0.39 is 0 Å². The summed E-state index contributed by atoms with van der Waals surface area (Å²) in [4.78, 5) is 12.2. The second kappa shape index (κ2) is 8.31. The molecule has 128 valence electrons. The quantitative estimate of drug-likeness (QED) is 0.613. The van der Waals surface area contributed by atoms with Gasteiger partial charge < -0.3 is 9.88 Å². The maximum atomic E-state index is 12.2. The summed E-state index contributed by atoms with van der Waals surface area (Å²) in [6.07, 6.45) is 0. The molecule has 0 spiro atoms. The zero-order chi connectivity index (χ0) is 17.6. The molecule has 2 aromatic carbocycles. The lowest BCUT2D eigenvalue weighted by atomic mass is 10.2. The standard InChI is InChI=1S/C18H17BrN4OS/c1-13-21-22-18(23(13)11-14-6-3-2-4-7-14)25-12-17(24)20-16-9-5-8-15(19)10-16/h2-10H,11-12H2,1H3,(H,20,24). The smallest absolute Gasteiger partial charge is 0.234 e. The molecule has 0 aliphatic heterocycles. The largest absolute Gasteiger partial charge is 0.325 e. The predicted octanol–water partition coefficient (Wildman–Crippen LogP) is 4.13. The number of halogens is 1. The number of aromatic nitrogens is 3. The molecule has 25 heavy (non-hydrogen) atoms. The van der Waals surface area contributed by atoms with Crippen LogP contribution >= 0.6 is 27.7 Å². The Morgan fingerprint density at radius 2 is 1.96 bits per heavy atom. The molecule has 5 nitrogen and oxygen atoms in total. The zero-order valence-corrected chi connectivity index (χ0v) is 16.0. The number of rotatable bonds is 6. The molecule has 1 aromatic heterocycles. The Labute approximate surface area is 159 Å². The molecular weight excluding hydrogens is 400 g/mol. The summed E-state index contributed by atoms with van der Waals surface area (Å²) in [5.74, 6) is 1.04. The van der Waals surface area contributed by atoms with Crippen LogP contribution in [0.5, 0.6) is 0 Å². The van der Waals surface area contributed by atoms with Crippen molar-refractivity contribution >= 4 is 39.3 Å². The van der Waals surface area contributed by atoms with Crippen molar-refractivity contribution in [3.63, 3.8) is 0 Å². The average molecular weight is 417 g/mol. The SMILES string of the molecule is Cc1nnc(SCC(=O)Nc2cccc(Br)c2)n1Cc1ccccc1. The molecule has 0 atom stereocenters. The van der Waals surface area contributed by atoms with Crippen LogP contribution in [0.2, 0.25) is 0 Å².